The summed E-state index contributed by atoms with van der Waals surface area (Å²) in [6.07, 6.45) is 6.85. The minimum atomic E-state index is 0.187. The third-order valence-electron chi connectivity index (χ3n) is 6.81. The first-order chi connectivity index (χ1) is 12.7. The monoisotopic (exact) mass is 369 g/mol. The van der Waals surface area contributed by atoms with Crippen LogP contribution in [-0.2, 0) is 4.79 Å². The lowest BCUT2D eigenvalue weighted by Gasteiger charge is -2.54. The topological polar surface area (TPSA) is 57.8 Å². The summed E-state index contributed by atoms with van der Waals surface area (Å²) in [6, 6.07) is 8.52. The molecule has 4 saturated carbocycles. The number of carbonyl (C=O) groups is 1. The Morgan fingerprint density at radius 1 is 1.19 bits per heavy atom. The van der Waals surface area contributed by atoms with E-state index >= 15 is 0 Å². The van der Waals surface area contributed by atoms with E-state index < -0.39 is 0 Å². The second-order valence-corrected chi connectivity index (χ2v) is 9.95. The zero-order chi connectivity index (χ0) is 17.7. The lowest BCUT2D eigenvalue weighted by atomic mass is 9.54. The van der Waals surface area contributed by atoms with Gasteiger partial charge in [0.25, 0.3) is 0 Å². The molecule has 1 aromatic heterocycles. The van der Waals surface area contributed by atoms with E-state index in [1.54, 1.807) is 11.8 Å². The number of thioether (sulfide) groups is 1. The number of carbonyl (C=O) groups excluding carboxylic acids is 1. The van der Waals surface area contributed by atoms with Crippen molar-refractivity contribution in [2.45, 2.75) is 50.3 Å². The van der Waals surface area contributed by atoms with Gasteiger partial charge in [-0.15, -0.1) is 11.8 Å². The van der Waals surface area contributed by atoms with Crippen LogP contribution in [0, 0.1) is 23.7 Å². The highest BCUT2D eigenvalue weighted by atomic mass is 32.2. The fourth-order valence-corrected chi connectivity index (χ4v) is 6.59. The van der Waals surface area contributed by atoms with Crippen molar-refractivity contribution in [2.75, 3.05) is 5.75 Å². The molecule has 6 rings (SSSR count). The largest absolute Gasteiger partial charge is 0.352 e. The number of imidazole rings is 1. The summed E-state index contributed by atoms with van der Waals surface area (Å²) in [4.78, 5) is 20.6. The number of nitrogens with one attached hydrogen (secondary N) is 2. The SMILES string of the molecule is C[C@H](SCC(=O)NC1C2CC3CC(C2)CC1C3)c1nc2ccccc2[nH]1. The fourth-order valence-electron chi connectivity index (χ4n) is 5.83. The summed E-state index contributed by atoms with van der Waals surface area (Å²) in [5.41, 5.74) is 2.06. The summed E-state index contributed by atoms with van der Waals surface area (Å²) in [5.74, 6) is 5.07. The average Bonchev–Trinajstić information content (AvgIpc) is 3.06. The Kier molecular flexibility index (Phi) is 4.23. The molecule has 0 spiro atoms. The van der Waals surface area contributed by atoms with Gasteiger partial charge in [-0.1, -0.05) is 12.1 Å². The Labute approximate surface area is 158 Å². The lowest BCUT2D eigenvalue weighted by Crippen LogP contribution is -2.56. The van der Waals surface area contributed by atoms with Gasteiger partial charge >= 0.3 is 0 Å². The van der Waals surface area contributed by atoms with Gasteiger partial charge in [-0.2, -0.15) is 0 Å². The molecule has 1 aromatic carbocycles. The van der Waals surface area contributed by atoms with Crippen LogP contribution in [-0.4, -0.2) is 27.7 Å². The third kappa shape index (κ3) is 3.04. The van der Waals surface area contributed by atoms with Crippen LogP contribution in [0.15, 0.2) is 24.3 Å². The molecule has 2 aromatic rings. The van der Waals surface area contributed by atoms with Crippen molar-refractivity contribution >= 4 is 28.7 Å². The zero-order valence-corrected chi connectivity index (χ0v) is 16.1. The highest BCUT2D eigenvalue weighted by Gasteiger charge is 2.48. The molecule has 4 aliphatic carbocycles. The number of amides is 1. The van der Waals surface area contributed by atoms with Crippen molar-refractivity contribution in [3.8, 4) is 0 Å². The first-order valence-corrected chi connectivity index (χ1v) is 11.1. The molecule has 0 aliphatic heterocycles. The molecule has 0 saturated heterocycles. The predicted octanol–water partition coefficient (Wildman–Crippen LogP) is 4.30. The maximum absolute atomic E-state index is 12.6. The zero-order valence-electron chi connectivity index (χ0n) is 15.3. The molecule has 1 heterocycles. The van der Waals surface area contributed by atoms with Gasteiger partial charge in [0.1, 0.15) is 5.82 Å². The van der Waals surface area contributed by atoms with E-state index in [0.717, 1.165) is 40.5 Å². The molecule has 1 atom stereocenters. The van der Waals surface area contributed by atoms with Gasteiger partial charge in [-0.25, -0.2) is 4.98 Å². The van der Waals surface area contributed by atoms with Crippen molar-refractivity contribution in [1.29, 1.82) is 0 Å². The van der Waals surface area contributed by atoms with E-state index in [1.807, 2.05) is 24.3 Å². The highest BCUT2D eigenvalue weighted by molar-refractivity contribution is 8.00. The van der Waals surface area contributed by atoms with Crippen LogP contribution in [0.5, 0.6) is 0 Å². The van der Waals surface area contributed by atoms with Crippen molar-refractivity contribution in [3.05, 3.63) is 30.1 Å². The fraction of sp³-hybridized carbons (Fsp3) is 0.619. The lowest BCUT2D eigenvalue weighted by molar-refractivity contribution is -0.122. The van der Waals surface area contributed by atoms with E-state index in [1.165, 1.54) is 32.1 Å². The first kappa shape index (κ1) is 16.7. The molecule has 2 N–H and O–H groups in total. The van der Waals surface area contributed by atoms with Gasteiger partial charge in [0.2, 0.25) is 5.91 Å². The van der Waals surface area contributed by atoms with Crippen LogP contribution in [0.1, 0.15) is 50.1 Å². The average molecular weight is 370 g/mol. The van der Waals surface area contributed by atoms with Gasteiger partial charge in [-0.3, -0.25) is 4.79 Å². The normalized spacial score (nSPS) is 33.5. The minimum absolute atomic E-state index is 0.187. The number of rotatable bonds is 5. The number of fused-ring (bicyclic) bond motifs is 1. The van der Waals surface area contributed by atoms with Crippen LogP contribution in [0.25, 0.3) is 11.0 Å². The molecular weight excluding hydrogens is 342 g/mol. The first-order valence-electron chi connectivity index (χ1n) is 10.0. The Morgan fingerprint density at radius 3 is 2.58 bits per heavy atom. The van der Waals surface area contributed by atoms with Crippen LogP contribution >= 0.6 is 11.8 Å². The molecule has 26 heavy (non-hydrogen) atoms. The standard InChI is InChI=1S/C21H27N3OS/c1-12(21-22-17-4-2-3-5-18(17)23-21)26-11-19(25)24-20-15-7-13-6-14(9-15)10-16(20)8-13/h2-5,12-16,20H,6-11H2,1H3,(H,22,23)(H,24,25)/t12-,13?,14?,15?,16?,20?/m0/s1. The van der Waals surface area contributed by atoms with Crippen LogP contribution in [0.3, 0.4) is 0 Å². The maximum atomic E-state index is 12.6. The van der Waals surface area contributed by atoms with Gasteiger partial charge < -0.3 is 10.3 Å². The van der Waals surface area contributed by atoms with Crippen molar-refractivity contribution < 1.29 is 4.79 Å². The quantitative estimate of drug-likeness (QED) is 0.826. The number of nitrogens with zero attached hydrogens (tertiary/aromatic N) is 1. The van der Waals surface area contributed by atoms with Gasteiger partial charge in [0.05, 0.1) is 22.0 Å². The van der Waals surface area contributed by atoms with Gasteiger partial charge in [0.15, 0.2) is 0 Å². The van der Waals surface area contributed by atoms with Gasteiger partial charge in [0, 0.05) is 6.04 Å². The van der Waals surface area contributed by atoms with E-state index in [-0.39, 0.29) is 11.2 Å². The van der Waals surface area contributed by atoms with Crippen molar-refractivity contribution in [2.24, 2.45) is 23.7 Å². The number of benzene rings is 1. The second-order valence-electron chi connectivity index (χ2n) is 8.62. The van der Waals surface area contributed by atoms with Crippen LogP contribution in [0.2, 0.25) is 0 Å². The van der Waals surface area contributed by atoms with Crippen LogP contribution < -0.4 is 5.32 Å². The third-order valence-corrected chi connectivity index (χ3v) is 7.96. The summed E-state index contributed by atoms with van der Waals surface area (Å²) in [5, 5.41) is 3.59. The smallest absolute Gasteiger partial charge is 0.230 e. The molecule has 4 aliphatic rings. The Bertz CT molecular complexity index is 755. The Hall–Kier alpha value is -1.49. The molecule has 4 fully saturated rings. The molecule has 4 nitrogen and oxygen atoms in total. The number of aromatic amines is 1. The molecular formula is C21H27N3OS. The number of hydrogen-bond donors (Lipinski definition) is 2. The highest BCUT2D eigenvalue weighted by Crippen LogP contribution is 2.53. The van der Waals surface area contributed by atoms with E-state index in [2.05, 4.69) is 22.2 Å². The number of para-hydroxylation sites is 2. The van der Waals surface area contributed by atoms with Crippen LogP contribution in [0.4, 0.5) is 0 Å². The molecule has 4 bridgehead atoms. The summed E-state index contributed by atoms with van der Waals surface area (Å²) in [7, 11) is 0. The molecule has 5 heteroatoms. The summed E-state index contributed by atoms with van der Waals surface area (Å²) < 4.78 is 0. The number of H-pyrrole nitrogens is 1. The van der Waals surface area contributed by atoms with E-state index in [0.29, 0.717) is 11.8 Å². The van der Waals surface area contributed by atoms with E-state index in [4.69, 9.17) is 0 Å². The number of aromatic nitrogens is 2. The maximum Gasteiger partial charge on any atom is 0.230 e. The Morgan fingerprint density at radius 2 is 1.88 bits per heavy atom. The molecule has 138 valence electrons. The molecule has 0 unspecified atom stereocenters. The van der Waals surface area contributed by atoms with E-state index in [9.17, 15) is 4.79 Å². The predicted molar refractivity (Wildman–Crippen MR) is 106 cm³/mol. The molecule has 0 radical (unpaired) electrons. The number of hydrogen-bond acceptors (Lipinski definition) is 3. The van der Waals surface area contributed by atoms with Gasteiger partial charge in [-0.05, 0) is 74.8 Å². The minimum Gasteiger partial charge on any atom is -0.352 e. The Balaban J connectivity index is 1.17. The van der Waals surface area contributed by atoms with Crippen molar-refractivity contribution in [3.63, 3.8) is 0 Å². The summed E-state index contributed by atoms with van der Waals surface area (Å²) in [6.45, 7) is 2.12. The second kappa shape index (κ2) is 6.59. The van der Waals surface area contributed by atoms with Crippen molar-refractivity contribution in [1.82, 2.24) is 15.3 Å². The summed E-state index contributed by atoms with van der Waals surface area (Å²) >= 11 is 1.67. The molecule has 1 amide bonds.